The van der Waals surface area contributed by atoms with Gasteiger partial charge in [-0.05, 0) is 23.6 Å². The zero-order chi connectivity index (χ0) is 15.9. The van der Waals surface area contributed by atoms with Gasteiger partial charge in [0.2, 0.25) is 15.9 Å². The average Bonchev–Trinajstić information content (AvgIpc) is 2.93. The number of benzene rings is 1. The third-order valence-electron chi connectivity index (χ3n) is 3.37. The second-order valence-electron chi connectivity index (χ2n) is 5.74. The lowest BCUT2D eigenvalue weighted by atomic mass is 10.1. The number of nitrogens with zero attached hydrogens (tertiary/aromatic N) is 3. The standard InChI is InChI=1S/C14H16ClN3O3S/c1-9(2)5-13-16-14(21-17-13)7-18-12-6-11(15)4-3-10(12)8-22(18,19)20/h3-4,6,9H,5,7-8H2,1-2H3. The zero-order valence-electron chi connectivity index (χ0n) is 12.3. The summed E-state index contributed by atoms with van der Waals surface area (Å²) in [6.45, 7) is 4.14. The van der Waals surface area contributed by atoms with Crippen molar-refractivity contribution in [2.75, 3.05) is 4.31 Å². The molecule has 0 atom stereocenters. The lowest BCUT2D eigenvalue weighted by molar-refractivity contribution is 0.372. The summed E-state index contributed by atoms with van der Waals surface area (Å²) >= 11 is 5.97. The van der Waals surface area contributed by atoms with E-state index in [-0.39, 0.29) is 18.2 Å². The molecule has 0 amide bonds. The molecule has 22 heavy (non-hydrogen) atoms. The Bertz CT molecular complexity index is 801. The number of hydrogen-bond donors (Lipinski definition) is 0. The van der Waals surface area contributed by atoms with Gasteiger partial charge in [0.1, 0.15) is 6.54 Å². The minimum Gasteiger partial charge on any atom is -0.337 e. The van der Waals surface area contributed by atoms with Gasteiger partial charge in [-0.15, -0.1) is 0 Å². The van der Waals surface area contributed by atoms with Gasteiger partial charge in [0.15, 0.2) is 5.82 Å². The Morgan fingerprint density at radius 1 is 1.41 bits per heavy atom. The molecule has 6 nitrogen and oxygen atoms in total. The van der Waals surface area contributed by atoms with Crippen molar-refractivity contribution in [1.29, 1.82) is 0 Å². The van der Waals surface area contributed by atoms with E-state index in [2.05, 4.69) is 24.0 Å². The maximum absolute atomic E-state index is 12.3. The lowest BCUT2D eigenvalue weighted by Crippen LogP contribution is -2.26. The van der Waals surface area contributed by atoms with E-state index in [1.54, 1.807) is 18.2 Å². The van der Waals surface area contributed by atoms with Crippen LogP contribution in [0.25, 0.3) is 0 Å². The highest BCUT2D eigenvalue weighted by Gasteiger charge is 2.34. The van der Waals surface area contributed by atoms with E-state index in [0.717, 1.165) is 5.56 Å². The van der Waals surface area contributed by atoms with Crippen molar-refractivity contribution in [3.8, 4) is 0 Å². The van der Waals surface area contributed by atoms with Crippen molar-refractivity contribution < 1.29 is 12.9 Å². The Hall–Kier alpha value is -1.60. The molecule has 1 aliphatic heterocycles. The molecule has 2 heterocycles. The molecule has 0 aliphatic carbocycles. The van der Waals surface area contributed by atoms with Gasteiger partial charge in [-0.25, -0.2) is 8.42 Å². The van der Waals surface area contributed by atoms with Crippen molar-refractivity contribution in [3.05, 3.63) is 40.5 Å². The van der Waals surface area contributed by atoms with Crippen molar-refractivity contribution in [3.63, 3.8) is 0 Å². The Labute approximate surface area is 134 Å². The maximum atomic E-state index is 12.3. The third kappa shape index (κ3) is 2.96. The van der Waals surface area contributed by atoms with Crippen molar-refractivity contribution in [1.82, 2.24) is 10.1 Å². The van der Waals surface area contributed by atoms with E-state index < -0.39 is 10.0 Å². The summed E-state index contributed by atoms with van der Waals surface area (Å²) in [7, 11) is -3.43. The fourth-order valence-electron chi connectivity index (χ4n) is 2.42. The van der Waals surface area contributed by atoms with Gasteiger partial charge in [-0.1, -0.05) is 36.7 Å². The molecule has 3 rings (SSSR count). The average molecular weight is 342 g/mol. The maximum Gasteiger partial charge on any atom is 0.247 e. The van der Waals surface area contributed by atoms with Crippen LogP contribution in [0.5, 0.6) is 0 Å². The Balaban J connectivity index is 1.88. The van der Waals surface area contributed by atoms with E-state index in [9.17, 15) is 8.42 Å². The topological polar surface area (TPSA) is 76.3 Å². The van der Waals surface area contributed by atoms with Crippen LogP contribution in [0.2, 0.25) is 5.02 Å². The molecular weight excluding hydrogens is 326 g/mol. The lowest BCUT2D eigenvalue weighted by Gasteiger charge is -2.15. The van der Waals surface area contributed by atoms with Gasteiger partial charge in [0, 0.05) is 11.4 Å². The van der Waals surface area contributed by atoms with Gasteiger partial charge in [0.05, 0.1) is 11.4 Å². The van der Waals surface area contributed by atoms with E-state index >= 15 is 0 Å². The molecule has 2 aromatic rings. The first-order valence-electron chi connectivity index (χ1n) is 6.95. The summed E-state index contributed by atoms with van der Waals surface area (Å²) in [6, 6.07) is 5.06. The Morgan fingerprint density at radius 3 is 2.91 bits per heavy atom. The van der Waals surface area contributed by atoms with Gasteiger partial charge < -0.3 is 4.52 Å². The van der Waals surface area contributed by atoms with E-state index in [1.807, 2.05) is 0 Å². The Morgan fingerprint density at radius 2 is 2.18 bits per heavy atom. The molecule has 1 aromatic carbocycles. The summed E-state index contributed by atoms with van der Waals surface area (Å²) in [5.41, 5.74) is 1.31. The molecule has 118 valence electrons. The molecule has 0 N–H and O–H groups in total. The second-order valence-corrected chi connectivity index (χ2v) is 8.07. The van der Waals surface area contributed by atoms with Crippen LogP contribution in [-0.2, 0) is 28.7 Å². The predicted molar refractivity (Wildman–Crippen MR) is 83.1 cm³/mol. The zero-order valence-corrected chi connectivity index (χ0v) is 13.9. The number of aromatic nitrogens is 2. The summed E-state index contributed by atoms with van der Waals surface area (Å²) in [5, 5.41) is 4.38. The smallest absolute Gasteiger partial charge is 0.247 e. The monoisotopic (exact) mass is 341 g/mol. The second kappa shape index (κ2) is 5.55. The van der Waals surface area contributed by atoms with Gasteiger partial charge in [0.25, 0.3) is 0 Å². The van der Waals surface area contributed by atoms with E-state index in [0.29, 0.717) is 28.9 Å². The first-order chi connectivity index (χ1) is 10.3. The predicted octanol–water partition coefficient (Wildman–Crippen LogP) is 2.77. The van der Waals surface area contributed by atoms with E-state index in [4.69, 9.17) is 16.1 Å². The highest BCUT2D eigenvalue weighted by molar-refractivity contribution is 7.92. The SMILES string of the molecule is CC(C)Cc1noc(CN2c3cc(Cl)ccc3CS2(=O)=O)n1. The molecule has 1 aromatic heterocycles. The van der Waals surface area contributed by atoms with Gasteiger partial charge in [-0.2, -0.15) is 4.98 Å². The van der Waals surface area contributed by atoms with Crippen LogP contribution in [0.1, 0.15) is 31.1 Å². The summed E-state index contributed by atoms with van der Waals surface area (Å²) in [5.74, 6) is 1.24. The van der Waals surface area contributed by atoms with Crippen LogP contribution in [0.4, 0.5) is 5.69 Å². The number of sulfonamides is 1. The minimum absolute atomic E-state index is 0.0285. The number of hydrogen-bond acceptors (Lipinski definition) is 5. The summed E-state index contributed by atoms with van der Waals surface area (Å²) in [4.78, 5) is 4.26. The normalized spacial score (nSPS) is 16.3. The fourth-order valence-corrected chi connectivity index (χ4v) is 4.16. The highest BCUT2D eigenvalue weighted by atomic mass is 35.5. The first kappa shape index (κ1) is 15.3. The molecular formula is C14H16ClN3O3S. The van der Waals surface area contributed by atoms with Crippen LogP contribution in [0, 0.1) is 5.92 Å². The van der Waals surface area contributed by atoms with Crippen LogP contribution < -0.4 is 4.31 Å². The molecule has 1 aliphatic rings. The number of anilines is 1. The fraction of sp³-hybridized carbons (Fsp3) is 0.429. The molecule has 0 fully saturated rings. The van der Waals surface area contributed by atoms with Gasteiger partial charge in [-0.3, -0.25) is 4.31 Å². The first-order valence-corrected chi connectivity index (χ1v) is 8.94. The molecule has 0 unspecified atom stereocenters. The van der Waals surface area contributed by atoms with E-state index in [1.165, 1.54) is 4.31 Å². The molecule has 8 heteroatoms. The van der Waals surface area contributed by atoms with Crippen molar-refractivity contribution >= 4 is 27.3 Å². The van der Waals surface area contributed by atoms with Crippen molar-refractivity contribution in [2.24, 2.45) is 5.92 Å². The quantitative estimate of drug-likeness (QED) is 0.854. The molecule has 0 radical (unpaired) electrons. The molecule has 0 bridgehead atoms. The number of halogens is 1. The number of rotatable bonds is 4. The van der Waals surface area contributed by atoms with Crippen molar-refractivity contribution in [2.45, 2.75) is 32.6 Å². The number of fused-ring (bicyclic) bond motifs is 1. The third-order valence-corrected chi connectivity index (χ3v) is 5.28. The highest BCUT2D eigenvalue weighted by Crippen LogP contribution is 2.36. The molecule has 0 saturated heterocycles. The molecule has 0 saturated carbocycles. The summed E-state index contributed by atoms with van der Waals surface area (Å²) < 4.78 is 31.1. The van der Waals surface area contributed by atoms with Gasteiger partial charge >= 0.3 is 0 Å². The van der Waals surface area contributed by atoms with Crippen LogP contribution in [0.3, 0.4) is 0 Å². The largest absolute Gasteiger partial charge is 0.337 e. The minimum atomic E-state index is -3.43. The molecule has 0 spiro atoms. The van der Waals surface area contributed by atoms with Crippen LogP contribution in [-0.4, -0.2) is 18.6 Å². The Kier molecular flexibility index (Phi) is 3.86. The van der Waals surface area contributed by atoms with Crippen LogP contribution in [0.15, 0.2) is 22.7 Å². The summed E-state index contributed by atoms with van der Waals surface area (Å²) in [6.07, 6.45) is 0.693. The van der Waals surface area contributed by atoms with Crippen LogP contribution >= 0.6 is 11.6 Å².